The number of halogens is 1. The normalized spacial score (nSPS) is 10.6. The van der Waals surface area contributed by atoms with Gasteiger partial charge >= 0.3 is 11.9 Å². The molecule has 2 rings (SSSR count). The van der Waals surface area contributed by atoms with E-state index in [9.17, 15) is 9.59 Å². The third-order valence-electron chi connectivity index (χ3n) is 3.47. The van der Waals surface area contributed by atoms with Crippen LogP contribution >= 0.6 is 15.9 Å². The minimum atomic E-state index is -0.408. The van der Waals surface area contributed by atoms with Gasteiger partial charge in [-0.3, -0.25) is 0 Å². The second kappa shape index (κ2) is 9.37. The minimum Gasteiger partial charge on any atom is -0.462 e. The highest BCUT2D eigenvalue weighted by Gasteiger charge is 2.11. The van der Waals surface area contributed by atoms with Crippen molar-refractivity contribution in [2.75, 3.05) is 13.2 Å². The van der Waals surface area contributed by atoms with Gasteiger partial charge in [0.05, 0.1) is 24.3 Å². The molecule has 2 aromatic carbocycles. The lowest BCUT2D eigenvalue weighted by molar-refractivity contribution is 0.0455. The first-order chi connectivity index (χ1) is 12.0. The van der Waals surface area contributed by atoms with Gasteiger partial charge in [-0.25, -0.2) is 9.59 Å². The Morgan fingerprint density at radius 3 is 2.04 bits per heavy atom. The fourth-order valence-electron chi connectivity index (χ4n) is 2.11. The summed E-state index contributed by atoms with van der Waals surface area (Å²) in [5, 5.41) is 0. The Labute approximate surface area is 156 Å². The summed E-state index contributed by atoms with van der Waals surface area (Å²) in [5.74, 6) is -0.514. The van der Waals surface area contributed by atoms with Crippen molar-refractivity contribution < 1.29 is 19.1 Å². The second-order valence-corrected chi connectivity index (χ2v) is 6.90. The van der Waals surface area contributed by atoms with Crippen molar-refractivity contribution in [2.24, 2.45) is 5.92 Å². The second-order valence-electron chi connectivity index (χ2n) is 6.05. The molecule has 0 aliphatic carbocycles. The maximum absolute atomic E-state index is 12.1. The van der Waals surface area contributed by atoms with Crippen LogP contribution in [0.3, 0.4) is 0 Å². The van der Waals surface area contributed by atoms with Gasteiger partial charge in [-0.05, 0) is 41.8 Å². The van der Waals surface area contributed by atoms with Crippen molar-refractivity contribution in [1.82, 2.24) is 0 Å². The van der Waals surface area contributed by atoms with Crippen LogP contribution in [0.1, 0.15) is 40.1 Å². The fourth-order valence-corrected chi connectivity index (χ4v) is 2.59. The largest absolute Gasteiger partial charge is 0.462 e. The van der Waals surface area contributed by atoms with Crippen molar-refractivity contribution in [3.05, 3.63) is 69.7 Å². The van der Waals surface area contributed by atoms with Gasteiger partial charge in [0.15, 0.2) is 0 Å². The molecule has 2 aromatic rings. The van der Waals surface area contributed by atoms with E-state index in [4.69, 9.17) is 9.47 Å². The molecule has 0 aromatic heterocycles. The van der Waals surface area contributed by atoms with Crippen LogP contribution < -0.4 is 0 Å². The highest BCUT2D eigenvalue weighted by Crippen LogP contribution is 2.16. The third-order valence-corrected chi connectivity index (χ3v) is 4.24. The average Bonchev–Trinajstić information content (AvgIpc) is 2.61. The molecule has 0 heterocycles. The first-order valence-electron chi connectivity index (χ1n) is 8.15. The molecule has 0 saturated carbocycles. The van der Waals surface area contributed by atoms with Crippen LogP contribution in [-0.2, 0) is 15.9 Å². The molecule has 25 heavy (non-hydrogen) atoms. The molecule has 0 radical (unpaired) electrons. The number of carbonyl (C=O) groups excluding carboxylic acids is 2. The highest BCUT2D eigenvalue weighted by atomic mass is 79.9. The van der Waals surface area contributed by atoms with E-state index in [1.54, 1.807) is 24.3 Å². The zero-order valence-electron chi connectivity index (χ0n) is 14.3. The van der Waals surface area contributed by atoms with Crippen molar-refractivity contribution in [2.45, 2.75) is 20.3 Å². The monoisotopic (exact) mass is 404 g/mol. The van der Waals surface area contributed by atoms with Gasteiger partial charge in [0.1, 0.15) is 0 Å². The lowest BCUT2D eigenvalue weighted by atomic mass is 10.1. The summed E-state index contributed by atoms with van der Waals surface area (Å²) in [4.78, 5) is 23.9. The van der Waals surface area contributed by atoms with Crippen molar-refractivity contribution in [3.8, 4) is 0 Å². The summed E-state index contributed by atoms with van der Waals surface area (Å²) in [7, 11) is 0. The Morgan fingerprint density at radius 1 is 0.920 bits per heavy atom. The molecular weight excluding hydrogens is 384 g/mol. The summed E-state index contributed by atoms with van der Waals surface area (Å²) in [6.45, 7) is 4.61. The third kappa shape index (κ3) is 6.02. The summed E-state index contributed by atoms with van der Waals surface area (Å²) in [5.41, 5.74) is 1.91. The number of carbonyl (C=O) groups is 2. The number of hydrogen-bond donors (Lipinski definition) is 0. The van der Waals surface area contributed by atoms with Crippen molar-refractivity contribution in [1.29, 1.82) is 0 Å². The van der Waals surface area contributed by atoms with E-state index in [1.807, 2.05) is 38.1 Å². The first kappa shape index (κ1) is 19.2. The van der Waals surface area contributed by atoms with E-state index in [0.717, 1.165) is 10.0 Å². The van der Waals surface area contributed by atoms with Crippen LogP contribution in [0.5, 0.6) is 0 Å². The van der Waals surface area contributed by atoms with E-state index in [-0.39, 0.29) is 11.9 Å². The van der Waals surface area contributed by atoms with Crippen LogP contribution in [0, 0.1) is 5.92 Å². The van der Waals surface area contributed by atoms with Gasteiger partial charge in [0, 0.05) is 10.9 Å². The minimum absolute atomic E-state index is 0.280. The topological polar surface area (TPSA) is 52.6 Å². The molecular formula is C20H21BrO4. The molecule has 0 aliphatic rings. The van der Waals surface area contributed by atoms with Crippen LogP contribution in [0.25, 0.3) is 0 Å². The first-order valence-corrected chi connectivity index (χ1v) is 8.94. The van der Waals surface area contributed by atoms with Crippen molar-refractivity contribution >= 4 is 27.9 Å². The van der Waals surface area contributed by atoms with Gasteiger partial charge < -0.3 is 9.47 Å². The van der Waals surface area contributed by atoms with Gasteiger partial charge in [-0.1, -0.05) is 48.0 Å². The molecule has 5 heteroatoms. The van der Waals surface area contributed by atoms with Crippen LogP contribution in [0.2, 0.25) is 0 Å². The predicted octanol–water partition coefficient (Wildman–Crippen LogP) is 4.66. The zero-order valence-corrected chi connectivity index (χ0v) is 15.9. The highest BCUT2D eigenvalue weighted by molar-refractivity contribution is 9.10. The van der Waals surface area contributed by atoms with Crippen molar-refractivity contribution in [3.63, 3.8) is 0 Å². The lowest BCUT2D eigenvalue weighted by Gasteiger charge is -2.08. The fraction of sp³-hybridized carbons (Fsp3) is 0.300. The molecule has 0 fully saturated rings. The molecule has 0 N–H and O–H groups in total. The molecule has 0 atom stereocenters. The van der Waals surface area contributed by atoms with E-state index >= 15 is 0 Å². The Bertz CT molecular complexity index is 723. The molecule has 0 unspecified atom stereocenters. The van der Waals surface area contributed by atoms with Gasteiger partial charge in [-0.2, -0.15) is 0 Å². The molecule has 0 amide bonds. The number of rotatable bonds is 7. The maximum atomic E-state index is 12.1. The summed E-state index contributed by atoms with van der Waals surface area (Å²) < 4.78 is 11.4. The molecule has 132 valence electrons. The number of esters is 2. The summed E-state index contributed by atoms with van der Waals surface area (Å²) >= 11 is 3.47. The van der Waals surface area contributed by atoms with E-state index in [1.165, 1.54) is 0 Å². The predicted molar refractivity (Wildman–Crippen MR) is 99.7 cm³/mol. The Balaban J connectivity index is 1.85. The molecule has 4 nitrogen and oxygen atoms in total. The van der Waals surface area contributed by atoms with Crippen LogP contribution in [-0.4, -0.2) is 25.2 Å². The van der Waals surface area contributed by atoms with E-state index in [0.29, 0.717) is 30.8 Å². The standard InChI is InChI=1S/C20H21BrO4/c1-14(2)13-25-20(23)17-9-7-16(8-10-17)19(22)24-12-11-15-5-3-4-6-18(15)21/h3-10,14H,11-13H2,1-2H3. The van der Waals surface area contributed by atoms with Gasteiger partial charge in [-0.15, -0.1) is 0 Å². The quantitative estimate of drug-likeness (QED) is 0.629. The zero-order chi connectivity index (χ0) is 18.2. The lowest BCUT2D eigenvalue weighted by Crippen LogP contribution is -2.11. The molecule has 0 aliphatic heterocycles. The Morgan fingerprint density at radius 2 is 1.48 bits per heavy atom. The summed E-state index contributed by atoms with van der Waals surface area (Å²) in [6, 6.07) is 14.1. The van der Waals surface area contributed by atoms with Crippen LogP contribution in [0.15, 0.2) is 53.0 Å². The van der Waals surface area contributed by atoms with Gasteiger partial charge in [0.25, 0.3) is 0 Å². The summed E-state index contributed by atoms with van der Waals surface area (Å²) in [6.07, 6.45) is 0.632. The number of hydrogen-bond acceptors (Lipinski definition) is 4. The van der Waals surface area contributed by atoms with Crippen LogP contribution in [0.4, 0.5) is 0 Å². The average molecular weight is 405 g/mol. The molecule has 0 spiro atoms. The Hall–Kier alpha value is -2.14. The molecule has 0 saturated heterocycles. The smallest absolute Gasteiger partial charge is 0.338 e. The SMILES string of the molecule is CC(C)COC(=O)c1ccc(C(=O)OCCc2ccccc2Br)cc1. The molecule has 0 bridgehead atoms. The van der Waals surface area contributed by atoms with Gasteiger partial charge in [0.2, 0.25) is 0 Å². The maximum Gasteiger partial charge on any atom is 0.338 e. The van der Waals surface area contributed by atoms with E-state index < -0.39 is 5.97 Å². The van der Waals surface area contributed by atoms with E-state index in [2.05, 4.69) is 15.9 Å². The Kier molecular flexibility index (Phi) is 7.19. The number of benzene rings is 2. The number of ether oxygens (including phenoxy) is 2.